The summed E-state index contributed by atoms with van der Waals surface area (Å²) in [5, 5.41) is 11.9. The molecule has 8 heteroatoms. The zero-order valence-electron chi connectivity index (χ0n) is 7.28. The Kier molecular flexibility index (Phi) is 4.15. The summed E-state index contributed by atoms with van der Waals surface area (Å²) in [5.74, 6) is 0. The summed E-state index contributed by atoms with van der Waals surface area (Å²) in [6.45, 7) is -0.705. The van der Waals surface area contributed by atoms with E-state index >= 15 is 0 Å². The molecule has 6 nitrogen and oxygen atoms in total. The molecule has 0 amide bonds. The second kappa shape index (κ2) is 5.16. The van der Waals surface area contributed by atoms with Crippen LogP contribution in [-0.4, -0.2) is 50.7 Å². The number of azide groups is 1. The summed E-state index contributed by atoms with van der Waals surface area (Å²) in [6, 6.07) is -1.11. The first kappa shape index (κ1) is 11.3. The van der Waals surface area contributed by atoms with Crippen molar-refractivity contribution in [2.75, 3.05) is 13.3 Å². The molecule has 4 atom stereocenters. The lowest BCUT2D eigenvalue weighted by Gasteiger charge is -2.16. The molecule has 1 saturated heterocycles. The largest absolute Gasteiger partial charge is 0.394 e. The van der Waals surface area contributed by atoms with Crippen molar-refractivity contribution in [3.8, 4) is 0 Å². The Morgan fingerprint density at radius 1 is 1.71 bits per heavy atom. The van der Waals surface area contributed by atoms with Crippen LogP contribution in [0.3, 0.4) is 0 Å². The highest BCUT2D eigenvalue weighted by Crippen LogP contribution is 2.24. The van der Waals surface area contributed by atoms with E-state index in [0.29, 0.717) is 0 Å². The number of hydrogen-bond donors (Lipinski definition) is 1. The first-order valence-electron chi connectivity index (χ1n) is 3.99. The molecule has 76 valence electrons. The monoisotopic (exact) mass is 201 g/mol. The van der Waals surface area contributed by atoms with Gasteiger partial charge in [0.25, 0.3) is 0 Å². The number of aliphatic hydroxyl groups is 1. The van der Waals surface area contributed by atoms with Gasteiger partial charge in [0, 0.05) is 4.91 Å². The Bertz CT molecular complexity index is 238. The molecule has 0 aliphatic carbocycles. The number of hydrogen-bond acceptors (Lipinski definition) is 4. The van der Waals surface area contributed by atoms with Crippen LogP contribution >= 0.6 is 0 Å². The Balaban J connectivity index is 2.50. The Labute approximate surface area is 81.0 Å². The van der Waals surface area contributed by atoms with Gasteiger partial charge in [0.2, 0.25) is 0 Å². The molecule has 1 unspecified atom stereocenters. The molecule has 1 fully saturated rings. The van der Waals surface area contributed by atoms with Gasteiger partial charge in [0.1, 0.15) is 33.0 Å². The van der Waals surface area contributed by atoms with Crippen LogP contribution in [0.25, 0.3) is 10.4 Å². The number of rotatable bonds is 4. The predicted octanol–water partition coefficient (Wildman–Crippen LogP) is -0.137. The normalized spacial score (nSPS) is 36.7. The summed E-state index contributed by atoms with van der Waals surface area (Å²) in [4.78, 5) is 2.43. The molecule has 0 aromatic rings. The first-order valence-corrected chi connectivity index (χ1v) is 3.99. The molecule has 1 N–H and O–H groups in total. The lowest BCUT2D eigenvalue weighted by Crippen LogP contribution is -2.34. The van der Waals surface area contributed by atoms with Gasteiger partial charge in [-0.15, -0.1) is 0 Å². The van der Waals surface area contributed by atoms with Crippen molar-refractivity contribution >= 4 is 7.85 Å². The summed E-state index contributed by atoms with van der Waals surface area (Å²) in [5.41, 5.74) is 7.96. The summed E-state index contributed by atoms with van der Waals surface area (Å²) in [6.07, 6.45) is -3.32. The third-order valence-electron chi connectivity index (χ3n) is 1.89. The minimum absolute atomic E-state index is 0.311. The van der Waals surface area contributed by atoms with Gasteiger partial charge in [-0.05, 0) is 5.53 Å². The van der Waals surface area contributed by atoms with Crippen molar-refractivity contribution in [3.05, 3.63) is 10.4 Å². The van der Waals surface area contributed by atoms with Crippen LogP contribution < -0.4 is 0 Å². The maximum atomic E-state index is 13.2. The quantitative estimate of drug-likeness (QED) is 0.297. The SMILES string of the molecule is [B][C@@H]1O[C@H](CO)C(OCN=[N+]=[N-])[C@@H]1F. The van der Waals surface area contributed by atoms with Gasteiger partial charge in [-0.2, -0.15) is 0 Å². The molecule has 1 aliphatic rings. The van der Waals surface area contributed by atoms with Crippen LogP contribution in [0.5, 0.6) is 0 Å². The molecular weight excluding hydrogens is 192 g/mol. The van der Waals surface area contributed by atoms with Crippen molar-refractivity contribution in [1.82, 2.24) is 0 Å². The van der Waals surface area contributed by atoms with E-state index in [4.69, 9.17) is 28.0 Å². The van der Waals surface area contributed by atoms with E-state index in [2.05, 4.69) is 10.0 Å². The lowest BCUT2D eigenvalue weighted by atomic mass is 9.94. The second-order valence-corrected chi connectivity index (χ2v) is 2.76. The maximum Gasteiger partial charge on any atom is 0.146 e. The fourth-order valence-electron chi connectivity index (χ4n) is 1.24. The summed E-state index contributed by atoms with van der Waals surface area (Å²) < 4.78 is 23.0. The molecule has 1 rings (SSSR count). The minimum atomic E-state index is -1.53. The molecular formula is C6H9BFN3O3. The van der Waals surface area contributed by atoms with E-state index in [1.165, 1.54) is 0 Å². The third-order valence-corrected chi connectivity index (χ3v) is 1.89. The van der Waals surface area contributed by atoms with Crippen LogP contribution in [0.15, 0.2) is 5.11 Å². The average Bonchev–Trinajstić information content (AvgIpc) is 2.45. The highest BCUT2D eigenvalue weighted by molar-refractivity contribution is 6.11. The number of nitrogens with zero attached hydrogens (tertiary/aromatic N) is 3. The van der Waals surface area contributed by atoms with Gasteiger partial charge in [-0.25, -0.2) is 4.39 Å². The Morgan fingerprint density at radius 3 is 3.00 bits per heavy atom. The van der Waals surface area contributed by atoms with Crippen LogP contribution in [0, 0.1) is 0 Å². The zero-order chi connectivity index (χ0) is 10.6. The Hall–Kier alpha value is -0.815. The molecule has 0 saturated carbocycles. The molecule has 2 radical (unpaired) electrons. The number of aliphatic hydroxyl groups excluding tert-OH is 1. The first-order chi connectivity index (χ1) is 6.70. The predicted molar refractivity (Wildman–Crippen MR) is 45.3 cm³/mol. The molecule has 0 aromatic heterocycles. The highest BCUT2D eigenvalue weighted by Gasteiger charge is 2.42. The van der Waals surface area contributed by atoms with Crippen LogP contribution in [0.1, 0.15) is 0 Å². The number of alkyl halides is 1. The van der Waals surface area contributed by atoms with E-state index < -0.39 is 31.0 Å². The van der Waals surface area contributed by atoms with Gasteiger partial charge >= 0.3 is 0 Å². The van der Waals surface area contributed by atoms with E-state index in [1.807, 2.05) is 0 Å². The molecule has 0 spiro atoms. The third kappa shape index (κ3) is 2.36. The van der Waals surface area contributed by atoms with Crippen LogP contribution in [-0.2, 0) is 9.47 Å². The van der Waals surface area contributed by atoms with Crippen molar-refractivity contribution in [2.45, 2.75) is 24.4 Å². The fraction of sp³-hybridized carbons (Fsp3) is 1.00. The minimum Gasteiger partial charge on any atom is -0.394 e. The van der Waals surface area contributed by atoms with Crippen molar-refractivity contribution in [1.29, 1.82) is 0 Å². The van der Waals surface area contributed by atoms with Crippen molar-refractivity contribution < 1.29 is 19.0 Å². The number of ether oxygens (including phenoxy) is 2. The van der Waals surface area contributed by atoms with Crippen molar-refractivity contribution in [3.63, 3.8) is 0 Å². The van der Waals surface area contributed by atoms with Gasteiger partial charge in [0.15, 0.2) is 0 Å². The highest BCUT2D eigenvalue weighted by atomic mass is 19.1. The van der Waals surface area contributed by atoms with Gasteiger partial charge in [-0.1, -0.05) is 5.11 Å². The Morgan fingerprint density at radius 2 is 2.43 bits per heavy atom. The summed E-state index contributed by atoms with van der Waals surface area (Å²) in [7, 11) is 5.25. The topological polar surface area (TPSA) is 87.5 Å². The molecule has 1 heterocycles. The van der Waals surface area contributed by atoms with Crippen molar-refractivity contribution in [2.24, 2.45) is 5.11 Å². The van der Waals surface area contributed by atoms with E-state index in [-0.39, 0.29) is 6.73 Å². The second-order valence-electron chi connectivity index (χ2n) is 2.76. The molecule has 0 aromatic carbocycles. The maximum absolute atomic E-state index is 13.2. The summed E-state index contributed by atoms with van der Waals surface area (Å²) >= 11 is 0. The van der Waals surface area contributed by atoms with E-state index in [0.717, 1.165) is 0 Å². The van der Waals surface area contributed by atoms with Gasteiger partial charge in [0.05, 0.1) is 12.6 Å². The smallest absolute Gasteiger partial charge is 0.146 e. The van der Waals surface area contributed by atoms with E-state index in [1.54, 1.807) is 0 Å². The van der Waals surface area contributed by atoms with Gasteiger partial charge in [-0.3, -0.25) is 0 Å². The lowest BCUT2D eigenvalue weighted by molar-refractivity contribution is -0.0423. The van der Waals surface area contributed by atoms with Crippen LogP contribution in [0.4, 0.5) is 4.39 Å². The zero-order valence-corrected chi connectivity index (χ0v) is 7.28. The van der Waals surface area contributed by atoms with Crippen LogP contribution in [0.2, 0.25) is 0 Å². The number of halogens is 1. The molecule has 1 aliphatic heterocycles. The standard InChI is InChI=1S/C6H9BFN3O3/c7-6-4(8)5(3(1-12)14-6)13-2-10-11-9/h3-6,12H,1-2H2/t3-,4+,5?,6-/m1/s1. The van der Waals surface area contributed by atoms with E-state index in [9.17, 15) is 4.39 Å². The molecule has 14 heavy (non-hydrogen) atoms. The fourth-order valence-corrected chi connectivity index (χ4v) is 1.24. The molecule has 0 bridgehead atoms. The van der Waals surface area contributed by atoms with Gasteiger partial charge < -0.3 is 14.6 Å². The average molecular weight is 201 g/mol.